The normalized spacial score (nSPS) is 15.6. The van der Waals surface area contributed by atoms with Gasteiger partial charge in [-0.15, -0.1) is 11.3 Å². The van der Waals surface area contributed by atoms with Crippen molar-refractivity contribution in [2.45, 2.75) is 20.4 Å². The minimum absolute atomic E-state index is 0.194. The lowest BCUT2D eigenvalue weighted by atomic mass is 10.2. The van der Waals surface area contributed by atoms with E-state index in [1.807, 2.05) is 33.0 Å². The Balaban J connectivity index is 1.55. The number of nitrogens with one attached hydrogen (secondary N) is 1. The highest BCUT2D eigenvalue weighted by molar-refractivity contribution is 7.11. The van der Waals surface area contributed by atoms with Gasteiger partial charge in [-0.1, -0.05) is 0 Å². The Morgan fingerprint density at radius 1 is 1.20 bits per heavy atom. The summed E-state index contributed by atoms with van der Waals surface area (Å²) < 4.78 is 13.1. The number of hydrogen-bond acceptors (Lipinski definition) is 4. The van der Waals surface area contributed by atoms with Crippen LogP contribution in [0.5, 0.6) is 0 Å². The summed E-state index contributed by atoms with van der Waals surface area (Å²) in [6.45, 7) is 8.39. The Bertz CT molecular complexity index is 732. The number of piperazine rings is 1. The van der Waals surface area contributed by atoms with Crippen LogP contribution < -0.4 is 10.2 Å². The van der Waals surface area contributed by atoms with E-state index in [0.29, 0.717) is 0 Å². The summed E-state index contributed by atoms with van der Waals surface area (Å²) >= 11 is 1.73. The molecule has 0 aliphatic carbocycles. The third-order valence-corrected chi connectivity index (χ3v) is 5.46. The second-order valence-electron chi connectivity index (χ2n) is 6.09. The summed E-state index contributed by atoms with van der Waals surface area (Å²) in [7, 11) is 1.82. The van der Waals surface area contributed by atoms with Crippen molar-refractivity contribution >= 4 is 23.0 Å². The maximum Gasteiger partial charge on any atom is 0.194 e. The highest BCUT2D eigenvalue weighted by atomic mass is 32.1. The molecule has 2 aromatic rings. The maximum absolute atomic E-state index is 13.1. The summed E-state index contributed by atoms with van der Waals surface area (Å²) in [5.41, 5.74) is 2.16. The van der Waals surface area contributed by atoms with Gasteiger partial charge in [-0.2, -0.15) is 0 Å². The van der Waals surface area contributed by atoms with Crippen LogP contribution >= 0.6 is 11.3 Å². The Morgan fingerprint density at radius 2 is 1.88 bits per heavy atom. The van der Waals surface area contributed by atoms with Gasteiger partial charge in [0.05, 0.1) is 17.2 Å². The molecule has 0 radical (unpaired) electrons. The fraction of sp³-hybridized carbons (Fsp3) is 0.444. The number of guanidine groups is 1. The van der Waals surface area contributed by atoms with Gasteiger partial charge >= 0.3 is 0 Å². The van der Waals surface area contributed by atoms with Crippen LogP contribution in [-0.4, -0.2) is 49.1 Å². The summed E-state index contributed by atoms with van der Waals surface area (Å²) in [5, 5.41) is 4.54. The quantitative estimate of drug-likeness (QED) is 0.674. The van der Waals surface area contributed by atoms with Crippen LogP contribution in [-0.2, 0) is 6.54 Å². The molecule has 0 bridgehead atoms. The van der Waals surface area contributed by atoms with Crippen LogP contribution in [0.4, 0.5) is 10.1 Å². The summed E-state index contributed by atoms with van der Waals surface area (Å²) in [6.07, 6.45) is 0. The number of aromatic nitrogens is 1. The molecular formula is C18H24FN5S. The van der Waals surface area contributed by atoms with Crippen molar-refractivity contribution in [1.82, 2.24) is 15.2 Å². The maximum atomic E-state index is 13.1. The molecule has 2 heterocycles. The van der Waals surface area contributed by atoms with Gasteiger partial charge in [0.25, 0.3) is 0 Å². The number of nitrogens with zero attached hydrogens (tertiary/aromatic N) is 4. The van der Waals surface area contributed by atoms with Crippen molar-refractivity contribution in [3.05, 3.63) is 45.7 Å². The van der Waals surface area contributed by atoms with E-state index in [1.54, 1.807) is 11.3 Å². The van der Waals surface area contributed by atoms with Crippen LogP contribution in [0.3, 0.4) is 0 Å². The zero-order valence-corrected chi connectivity index (χ0v) is 15.7. The molecule has 1 fully saturated rings. The average Bonchev–Trinajstić information content (AvgIpc) is 2.94. The summed E-state index contributed by atoms with van der Waals surface area (Å²) in [4.78, 5) is 14.7. The predicted molar refractivity (Wildman–Crippen MR) is 102 cm³/mol. The van der Waals surface area contributed by atoms with Crippen molar-refractivity contribution in [1.29, 1.82) is 0 Å². The second-order valence-corrected chi connectivity index (χ2v) is 7.38. The highest BCUT2D eigenvalue weighted by Crippen LogP contribution is 2.18. The summed E-state index contributed by atoms with van der Waals surface area (Å²) in [5.74, 6) is 0.727. The van der Waals surface area contributed by atoms with Crippen molar-refractivity contribution in [3.63, 3.8) is 0 Å². The molecule has 1 aliphatic rings. The predicted octanol–water partition coefficient (Wildman–Crippen LogP) is 2.80. The Hall–Kier alpha value is -2.15. The van der Waals surface area contributed by atoms with E-state index in [0.717, 1.165) is 55.1 Å². The molecule has 1 aromatic carbocycles. The number of anilines is 1. The fourth-order valence-corrected chi connectivity index (χ4v) is 3.93. The van der Waals surface area contributed by atoms with Crippen molar-refractivity contribution < 1.29 is 4.39 Å². The van der Waals surface area contributed by atoms with Crippen molar-refractivity contribution in [2.24, 2.45) is 4.99 Å². The molecule has 1 aliphatic heterocycles. The van der Waals surface area contributed by atoms with E-state index < -0.39 is 0 Å². The zero-order chi connectivity index (χ0) is 17.8. The summed E-state index contributed by atoms with van der Waals surface area (Å²) in [6, 6.07) is 6.71. The molecule has 25 heavy (non-hydrogen) atoms. The van der Waals surface area contributed by atoms with E-state index >= 15 is 0 Å². The van der Waals surface area contributed by atoms with Gasteiger partial charge in [0.2, 0.25) is 0 Å². The third kappa shape index (κ3) is 4.28. The van der Waals surface area contributed by atoms with Gasteiger partial charge in [0.1, 0.15) is 5.82 Å². The smallest absolute Gasteiger partial charge is 0.194 e. The SMILES string of the molecule is CN=C(NCc1sc(C)nc1C)N1CCN(c2ccc(F)cc2)CC1. The molecule has 0 saturated carbocycles. The van der Waals surface area contributed by atoms with Crippen LogP contribution in [0.25, 0.3) is 0 Å². The lowest BCUT2D eigenvalue weighted by molar-refractivity contribution is 0.372. The van der Waals surface area contributed by atoms with Gasteiger partial charge in [-0.3, -0.25) is 4.99 Å². The first-order valence-electron chi connectivity index (χ1n) is 8.46. The molecule has 0 amide bonds. The zero-order valence-electron chi connectivity index (χ0n) is 14.9. The highest BCUT2D eigenvalue weighted by Gasteiger charge is 2.20. The molecule has 1 aromatic heterocycles. The average molecular weight is 361 g/mol. The molecule has 1 saturated heterocycles. The molecular weight excluding hydrogens is 337 g/mol. The lowest BCUT2D eigenvalue weighted by Crippen LogP contribution is -2.52. The van der Waals surface area contributed by atoms with E-state index in [-0.39, 0.29) is 5.82 Å². The Morgan fingerprint density at radius 3 is 2.44 bits per heavy atom. The second kappa shape index (κ2) is 7.82. The molecule has 7 heteroatoms. The molecule has 5 nitrogen and oxygen atoms in total. The topological polar surface area (TPSA) is 43.8 Å². The van der Waals surface area contributed by atoms with E-state index in [4.69, 9.17) is 0 Å². The molecule has 1 N–H and O–H groups in total. The Kier molecular flexibility index (Phi) is 5.53. The van der Waals surface area contributed by atoms with Gasteiger partial charge in [-0.05, 0) is 38.1 Å². The third-order valence-electron chi connectivity index (χ3n) is 4.39. The first-order valence-corrected chi connectivity index (χ1v) is 9.27. The molecule has 0 spiro atoms. The van der Waals surface area contributed by atoms with Gasteiger partial charge < -0.3 is 15.1 Å². The van der Waals surface area contributed by atoms with Crippen molar-refractivity contribution in [3.8, 4) is 0 Å². The van der Waals surface area contributed by atoms with Crippen LogP contribution in [0.2, 0.25) is 0 Å². The lowest BCUT2D eigenvalue weighted by Gasteiger charge is -2.37. The van der Waals surface area contributed by atoms with Crippen molar-refractivity contribution in [2.75, 3.05) is 38.1 Å². The minimum atomic E-state index is -0.194. The first kappa shape index (κ1) is 17.7. The molecule has 3 rings (SSSR count). The van der Waals surface area contributed by atoms with Gasteiger partial charge in [0.15, 0.2) is 5.96 Å². The van der Waals surface area contributed by atoms with E-state index in [2.05, 4.69) is 25.1 Å². The largest absolute Gasteiger partial charge is 0.368 e. The van der Waals surface area contributed by atoms with E-state index in [9.17, 15) is 4.39 Å². The fourth-order valence-electron chi connectivity index (χ4n) is 3.06. The number of hydrogen-bond donors (Lipinski definition) is 1. The molecule has 0 atom stereocenters. The Labute approximate surface area is 152 Å². The van der Waals surface area contributed by atoms with Gasteiger partial charge in [-0.25, -0.2) is 9.37 Å². The number of halogens is 1. The van der Waals surface area contributed by atoms with Crippen LogP contribution in [0.1, 0.15) is 15.6 Å². The molecule has 0 unspecified atom stereocenters. The first-order chi connectivity index (χ1) is 12.1. The number of rotatable bonds is 3. The number of aliphatic imine (C=N–C) groups is 1. The number of aryl methyl sites for hydroxylation is 2. The number of thiazole rings is 1. The molecule has 134 valence electrons. The number of benzene rings is 1. The minimum Gasteiger partial charge on any atom is -0.368 e. The van der Waals surface area contributed by atoms with Gasteiger partial charge in [0, 0.05) is 43.8 Å². The van der Waals surface area contributed by atoms with Crippen LogP contribution in [0, 0.1) is 19.7 Å². The van der Waals surface area contributed by atoms with Crippen LogP contribution in [0.15, 0.2) is 29.3 Å². The standard InChI is InChI=1S/C18H24FN5S/c1-13-17(25-14(2)22-13)12-21-18(20-3)24-10-8-23(9-11-24)16-6-4-15(19)5-7-16/h4-7H,8-12H2,1-3H3,(H,20,21). The van der Waals surface area contributed by atoms with E-state index in [1.165, 1.54) is 17.0 Å². The monoisotopic (exact) mass is 361 g/mol.